The van der Waals surface area contributed by atoms with Crippen molar-refractivity contribution in [3.8, 4) is 0 Å². The van der Waals surface area contributed by atoms with Crippen LogP contribution in [0.4, 0.5) is 5.69 Å². The first-order valence-corrected chi connectivity index (χ1v) is 5.87. The Labute approximate surface area is 110 Å². The van der Waals surface area contributed by atoms with Crippen LogP contribution in [0.5, 0.6) is 0 Å². The van der Waals surface area contributed by atoms with Crippen molar-refractivity contribution in [1.82, 2.24) is 0 Å². The van der Waals surface area contributed by atoms with E-state index in [1.807, 2.05) is 0 Å². The maximum Gasteiger partial charge on any atom is 0.309 e. The van der Waals surface area contributed by atoms with Crippen LogP contribution in [-0.4, -0.2) is 12.6 Å². The minimum Gasteiger partial charge on any atom is -0.466 e. The molecule has 1 aromatic rings. The predicted octanol–water partition coefficient (Wildman–Crippen LogP) is 3.54. The zero-order valence-electron chi connectivity index (χ0n) is 9.37. The summed E-state index contributed by atoms with van der Waals surface area (Å²) in [6.07, 6.45) is 3.55. The molecule has 0 amide bonds. The van der Waals surface area contributed by atoms with Crippen molar-refractivity contribution in [1.29, 1.82) is 0 Å². The molecule has 0 aliphatic carbocycles. The molecule has 0 saturated carbocycles. The van der Waals surface area contributed by atoms with Gasteiger partial charge in [-0.3, -0.25) is 4.79 Å². The molecule has 0 radical (unpaired) electrons. The van der Waals surface area contributed by atoms with Crippen LogP contribution in [0.3, 0.4) is 0 Å². The number of hydrogen-bond acceptors (Lipinski definition) is 3. The highest BCUT2D eigenvalue weighted by Gasteiger charge is 2.03. The third-order valence-electron chi connectivity index (χ3n) is 2.01. The summed E-state index contributed by atoms with van der Waals surface area (Å²) >= 11 is 11.7. The van der Waals surface area contributed by atoms with Crippen LogP contribution in [-0.2, 0) is 9.53 Å². The highest BCUT2D eigenvalue weighted by Crippen LogP contribution is 2.28. The molecule has 0 spiro atoms. The summed E-state index contributed by atoms with van der Waals surface area (Å²) in [5.41, 5.74) is 6.90. The van der Waals surface area contributed by atoms with Crippen molar-refractivity contribution in [3.05, 3.63) is 33.8 Å². The number of ether oxygens (including phenoxy) is 1. The molecule has 92 valence electrons. The fourth-order valence-electron chi connectivity index (χ4n) is 1.24. The van der Waals surface area contributed by atoms with Crippen molar-refractivity contribution < 1.29 is 9.53 Å². The highest BCUT2D eigenvalue weighted by molar-refractivity contribution is 6.36. The molecule has 0 unspecified atom stereocenters. The van der Waals surface area contributed by atoms with E-state index in [-0.39, 0.29) is 12.4 Å². The van der Waals surface area contributed by atoms with Crippen LogP contribution in [0, 0.1) is 0 Å². The molecule has 17 heavy (non-hydrogen) atoms. The summed E-state index contributed by atoms with van der Waals surface area (Å²) in [5, 5.41) is 0.897. The molecule has 0 aliphatic rings. The number of esters is 1. The van der Waals surface area contributed by atoms with E-state index in [9.17, 15) is 4.79 Å². The quantitative estimate of drug-likeness (QED) is 0.674. The van der Waals surface area contributed by atoms with Crippen LogP contribution < -0.4 is 5.73 Å². The molecule has 0 fully saturated rings. The molecule has 1 rings (SSSR count). The largest absolute Gasteiger partial charge is 0.466 e. The number of halogens is 2. The van der Waals surface area contributed by atoms with E-state index in [1.165, 1.54) is 0 Å². The number of carbonyl (C=O) groups excluding carboxylic acids is 1. The van der Waals surface area contributed by atoms with Gasteiger partial charge in [-0.2, -0.15) is 0 Å². The molecule has 0 saturated heterocycles. The average Bonchev–Trinajstić information content (AvgIpc) is 2.25. The van der Waals surface area contributed by atoms with Crippen molar-refractivity contribution in [2.24, 2.45) is 0 Å². The summed E-state index contributed by atoms with van der Waals surface area (Å²) in [5.74, 6) is -0.282. The van der Waals surface area contributed by atoms with Gasteiger partial charge < -0.3 is 10.5 Å². The van der Waals surface area contributed by atoms with Gasteiger partial charge in [0.15, 0.2) is 0 Å². The Hall–Kier alpha value is -1.19. The van der Waals surface area contributed by atoms with E-state index in [1.54, 1.807) is 31.2 Å². The van der Waals surface area contributed by atoms with Crippen molar-refractivity contribution >= 4 is 40.9 Å². The van der Waals surface area contributed by atoms with Crippen LogP contribution in [0.15, 0.2) is 18.2 Å². The van der Waals surface area contributed by atoms with Crippen LogP contribution >= 0.6 is 23.2 Å². The van der Waals surface area contributed by atoms with Gasteiger partial charge in [0.25, 0.3) is 0 Å². The number of benzene rings is 1. The van der Waals surface area contributed by atoms with E-state index in [0.717, 1.165) is 0 Å². The van der Waals surface area contributed by atoms with Gasteiger partial charge >= 0.3 is 5.97 Å². The van der Waals surface area contributed by atoms with Gasteiger partial charge in [0.2, 0.25) is 0 Å². The Morgan fingerprint density at radius 1 is 1.47 bits per heavy atom. The molecular weight excluding hydrogens is 261 g/mol. The van der Waals surface area contributed by atoms with E-state index in [4.69, 9.17) is 33.7 Å². The van der Waals surface area contributed by atoms with Gasteiger partial charge in [-0.15, -0.1) is 0 Å². The smallest absolute Gasteiger partial charge is 0.309 e. The van der Waals surface area contributed by atoms with Crippen molar-refractivity contribution in [3.63, 3.8) is 0 Å². The Balaban J connectivity index is 2.74. The van der Waals surface area contributed by atoms with Gasteiger partial charge in [0, 0.05) is 10.6 Å². The standard InChI is InChI=1S/C12H13Cl2NO2/c1-2-17-11(16)5-3-4-8-6-9(13)7-10(14)12(8)15/h3-4,6-7H,2,5,15H2,1H3. The van der Waals surface area contributed by atoms with Crippen LogP contribution in [0.25, 0.3) is 6.08 Å². The van der Waals surface area contributed by atoms with Crippen LogP contribution in [0.2, 0.25) is 10.0 Å². The third kappa shape index (κ3) is 4.29. The number of hydrogen-bond donors (Lipinski definition) is 1. The van der Waals surface area contributed by atoms with Gasteiger partial charge in [-0.1, -0.05) is 35.4 Å². The summed E-state index contributed by atoms with van der Waals surface area (Å²) in [6.45, 7) is 2.13. The molecule has 2 N–H and O–H groups in total. The Morgan fingerprint density at radius 2 is 2.18 bits per heavy atom. The van der Waals surface area contributed by atoms with Crippen molar-refractivity contribution in [2.75, 3.05) is 12.3 Å². The summed E-state index contributed by atoms with van der Waals surface area (Å²) in [6, 6.07) is 3.26. The van der Waals surface area contributed by atoms with E-state index < -0.39 is 0 Å². The Kier molecular flexibility index (Phi) is 5.32. The van der Waals surface area contributed by atoms with E-state index in [2.05, 4.69) is 0 Å². The van der Waals surface area contributed by atoms with Crippen molar-refractivity contribution in [2.45, 2.75) is 13.3 Å². The van der Waals surface area contributed by atoms with Gasteiger partial charge in [-0.05, 0) is 19.1 Å². The number of nitrogens with two attached hydrogens (primary N) is 1. The number of carbonyl (C=O) groups is 1. The fourth-order valence-corrected chi connectivity index (χ4v) is 1.75. The van der Waals surface area contributed by atoms with Gasteiger partial charge in [-0.25, -0.2) is 0 Å². The Bertz CT molecular complexity index is 444. The molecule has 3 nitrogen and oxygen atoms in total. The lowest BCUT2D eigenvalue weighted by atomic mass is 10.1. The topological polar surface area (TPSA) is 52.3 Å². The first kappa shape index (κ1) is 13.9. The molecule has 1 aromatic carbocycles. The number of nitrogen functional groups attached to an aromatic ring is 1. The second kappa shape index (κ2) is 6.52. The van der Waals surface area contributed by atoms with Gasteiger partial charge in [0.05, 0.1) is 23.7 Å². The Morgan fingerprint density at radius 3 is 2.82 bits per heavy atom. The maximum absolute atomic E-state index is 11.1. The summed E-state index contributed by atoms with van der Waals surface area (Å²) in [4.78, 5) is 11.1. The lowest BCUT2D eigenvalue weighted by Crippen LogP contribution is -2.01. The third-order valence-corrected chi connectivity index (χ3v) is 2.54. The van der Waals surface area contributed by atoms with E-state index >= 15 is 0 Å². The first-order chi connectivity index (χ1) is 8.04. The summed E-state index contributed by atoms with van der Waals surface area (Å²) in [7, 11) is 0. The molecule has 0 atom stereocenters. The van der Waals surface area contributed by atoms with E-state index in [0.29, 0.717) is 27.9 Å². The predicted molar refractivity (Wildman–Crippen MR) is 71.2 cm³/mol. The number of rotatable bonds is 4. The zero-order chi connectivity index (χ0) is 12.8. The second-order valence-electron chi connectivity index (χ2n) is 3.30. The minimum atomic E-state index is -0.282. The molecule has 5 heteroatoms. The zero-order valence-corrected chi connectivity index (χ0v) is 10.9. The normalized spacial score (nSPS) is 10.8. The average molecular weight is 274 g/mol. The first-order valence-electron chi connectivity index (χ1n) is 5.11. The fraction of sp³-hybridized carbons (Fsp3) is 0.250. The SMILES string of the molecule is CCOC(=O)CC=Cc1cc(Cl)cc(Cl)c1N. The number of anilines is 1. The van der Waals surface area contributed by atoms with Gasteiger partial charge in [0.1, 0.15) is 0 Å². The lowest BCUT2D eigenvalue weighted by Gasteiger charge is -2.04. The highest BCUT2D eigenvalue weighted by atomic mass is 35.5. The van der Waals surface area contributed by atoms with Crippen LogP contribution in [0.1, 0.15) is 18.9 Å². The summed E-state index contributed by atoms with van der Waals surface area (Å²) < 4.78 is 4.78. The lowest BCUT2D eigenvalue weighted by molar-refractivity contribution is -0.142. The molecule has 0 bridgehead atoms. The molecular formula is C12H13Cl2NO2. The molecule has 0 aliphatic heterocycles. The monoisotopic (exact) mass is 273 g/mol. The minimum absolute atomic E-state index is 0.192. The second-order valence-corrected chi connectivity index (χ2v) is 4.15. The molecule has 0 heterocycles. The molecule has 0 aromatic heterocycles. The maximum atomic E-state index is 11.1.